The van der Waals surface area contributed by atoms with E-state index in [-0.39, 0.29) is 24.4 Å². The minimum absolute atomic E-state index is 0.0399. The van der Waals surface area contributed by atoms with Crippen LogP contribution in [-0.2, 0) is 17.8 Å². The van der Waals surface area contributed by atoms with Gasteiger partial charge in [0.25, 0.3) is 5.91 Å². The Morgan fingerprint density at radius 3 is 2.23 bits per heavy atom. The number of carbonyl (C=O) groups is 2. The van der Waals surface area contributed by atoms with E-state index in [4.69, 9.17) is 4.42 Å². The molecule has 2 aromatic carbocycles. The number of furan rings is 1. The third-order valence-electron chi connectivity index (χ3n) is 5.50. The largest absolute Gasteiger partial charge is 0.467 e. The van der Waals surface area contributed by atoms with Crippen molar-refractivity contribution in [3.05, 3.63) is 95.9 Å². The summed E-state index contributed by atoms with van der Waals surface area (Å²) in [7, 11) is 0. The van der Waals surface area contributed by atoms with Crippen molar-refractivity contribution in [1.29, 1.82) is 0 Å². The normalized spacial score (nSPS) is 11.7. The zero-order valence-electron chi connectivity index (χ0n) is 18.2. The number of rotatable bonds is 10. The summed E-state index contributed by atoms with van der Waals surface area (Å²) in [4.78, 5) is 29.9. The van der Waals surface area contributed by atoms with Crippen LogP contribution in [0.3, 0.4) is 0 Å². The van der Waals surface area contributed by atoms with Crippen molar-refractivity contribution in [1.82, 2.24) is 9.80 Å². The molecule has 1 aromatic heterocycles. The van der Waals surface area contributed by atoms with E-state index in [2.05, 4.69) is 12.1 Å². The van der Waals surface area contributed by atoms with Gasteiger partial charge < -0.3 is 14.2 Å². The Morgan fingerprint density at radius 1 is 0.935 bits per heavy atom. The summed E-state index contributed by atoms with van der Waals surface area (Å²) in [6.07, 6.45) is 3.12. The van der Waals surface area contributed by atoms with E-state index >= 15 is 0 Å². The quantitative estimate of drug-likeness (QED) is 0.476. The first-order valence-electron chi connectivity index (χ1n) is 10.8. The van der Waals surface area contributed by atoms with Crippen LogP contribution in [0.4, 0.5) is 0 Å². The van der Waals surface area contributed by atoms with Gasteiger partial charge >= 0.3 is 0 Å². The van der Waals surface area contributed by atoms with Crippen molar-refractivity contribution < 1.29 is 14.0 Å². The monoisotopic (exact) mass is 418 g/mol. The highest BCUT2D eigenvalue weighted by Crippen LogP contribution is 2.14. The highest BCUT2D eigenvalue weighted by molar-refractivity contribution is 5.96. The molecule has 3 aromatic rings. The number of benzene rings is 2. The molecule has 0 saturated heterocycles. The van der Waals surface area contributed by atoms with E-state index in [9.17, 15) is 9.59 Å². The standard InChI is InChI=1S/C26H30N2O3/c1-3-21(2)28(26(30)23-13-8-5-9-14-23)20-25(29)27(19-24-15-10-18-31-24)17-16-22-11-6-4-7-12-22/h4-15,18,21H,3,16-17,19-20H2,1-2H3/t21-/m1/s1. The molecule has 0 radical (unpaired) electrons. The van der Waals surface area contributed by atoms with Gasteiger partial charge in [-0.2, -0.15) is 0 Å². The van der Waals surface area contributed by atoms with Crippen molar-refractivity contribution in [3.63, 3.8) is 0 Å². The molecular weight excluding hydrogens is 388 g/mol. The first-order chi connectivity index (χ1) is 15.1. The molecule has 0 spiro atoms. The van der Waals surface area contributed by atoms with Gasteiger partial charge in [0.2, 0.25) is 5.91 Å². The van der Waals surface area contributed by atoms with Gasteiger partial charge in [-0.15, -0.1) is 0 Å². The molecule has 0 saturated carbocycles. The SMILES string of the molecule is CC[C@@H](C)N(CC(=O)N(CCc1ccccc1)Cc1ccco1)C(=O)c1ccccc1. The third kappa shape index (κ3) is 6.32. The molecule has 162 valence electrons. The third-order valence-corrected chi connectivity index (χ3v) is 5.50. The molecule has 2 amide bonds. The topological polar surface area (TPSA) is 53.8 Å². The lowest BCUT2D eigenvalue weighted by Gasteiger charge is -2.31. The first kappa shape index (κ1) is 22.3. The van der Waals surface area contributed by atoms with Gasteiger partial charge in [-0.3, -0.25) is 9.59 Å². The number of hydrogen-bond donors (Lipinski definition) is 0. The zero-order valence-corrected chi connectivity index (χ0v) is 18.2. The van der Waals surface area contributed by atoms with E-state index in [0.717, 1.165) is 18.6 Å². The average molecular weight is 419 g/mol. The van der Waals surface area contributed by atoms with Gasteiger partial charge in [-0.1, -0.05) is 55.5 Å². The Morgan fingerprint density at radius 2 is 1.61 bits per heavy atom. The summed E-state index contributed by atoms with van der Waals surface area (Å²) in [5, 5.41) is 0. The Hall–Kier alpha value is -3.34. The van der Waals surface area contributed by atoms with Gasteiger partial charge in [0.1, 0.15) is 12.3 Å². The van der Waals surface area contributed by atoms with Crippen LogP contribution in [0.2, 0.25) is 0 Å². The van der Waals surface area contributed by atoms with Crippen LogP contribution in [0.5, 0.6) is 0 Å². The van der Waals surface area contributed by atoms with Gasteiger partial charge in [0, 0.05) is 18.2 Å². The molecule has 0 aliphatic rings. The Balaban J connectivity index is 1.76. The lowest BCUT2D eigenvalue weighted by atomic mass is 10.1. The van der Waals surface area contributed by atoms with Gasteiger partial charge in [0.05, 0.1) is 12.8 Å². The predicted molar refractivity (Wildman–Crippen MR) is 122 cm³/mol. The maximum atomic E-state index is 13.3. The van der Waals surface area contributed by atoms with Gasteiger partial charge in [-0.05, 0) is 49.6 Å². The molecule has 0 unspecified atom stereocenters. The lowest BCUT2D eigenvalue weighted by Crippen LogP contribution is -2.46. The summed E-state index contributed by atoms with van der Waals surface area (Å²) in [6, 6.07) is 22.9. The molecule has 0 N–H and O–H groups in total. The maximum Gasteiger partial charge on any atom is 0.254 e. The smallest absolute Gasteiger partial charge is 0.254 e. The molecule has 3 rings (SSSR count). The predicted octanol–water partition coefficient (Wildman–Crippen LogP) is 4.79. The summed E-state index contributed by atoms with van der Waals surface area (Å²) < 4.78 is 5.48. The summed E-state index contributed by atoms with van der Waals surface area (Å²) in [5.41, 5.74) is 1.76. The van der Waals surface area contributed by atoms with Crippen LogP contribution in [0.25, 0.3) is 0 Å². The summed E-state index contributed by atoms with van der Waals surface area (Å²) >= 11 is 0. The lowest BCUT2D eigenvalue weighted by molar-refractivity contribution is -0.133. The molecule has 5 heteroatoms. The molecule has 1 heterocycles. The number of amides is 2. The number of hydrogen-bond acceptors (Lipinski definition) is 3. The highest BCUT2D eigenvalue weighted by Gasteiger charge is 2.26. The van der Waals surface area contributed by atoms with E-state index < -0.39 is 0 Å². The van der Waals surface area contributed by atoms with Crippen molar-refractivity contribution in [3.8, 4) is 0 Å². The molecular formula is C26H30N2O3. The van der Waals surface area contributed by atoms with Gasteiger partial charge in [0.15, 0.2) is 0 Å². The van der Waals surface area contributed by atoms with Crippen molar-refractivity contribution in [2.75, 3.05) is 13.1 Å². The molecule has 5 nitrogen and oxygen atoms in total. The molecule has 0 fully saturated rings. The van der Waals surface area contributed by atoms with Crippen LogP contribution < -0.4 is 0 Å². The zero-order chi connectivity index (χ0) is 22.1. The van der Waals surface area contributed by atoms with Crippen molar-refractivity contribution in [2.24, 2.45) is 0 Å². The fourth-order valence-electron chi connectivity index (χ4n) is 3.43. The van der Waals surface area contributed by atoms with Crippen molar-refractivity contribution >= 4 is 11.8 Å². The first-order valence-corrected chi connectivity index (χ1v) is 10.8. The van der Waals surface area contributed by atoms with E-state index in [1.54, 1.807) is 28.2 Å². The maximum absolute atomic E-state index is 13.3. The molecule has 0 aliphatic heterocycles. The minimum atomic E-state index is -0.121. The van der Waals surface area contributed by atoms with Gasteiger partial charge in [-0.25, -0.2) is 0 Å². The van der Waals surface area contributed by atoms with Crippen molar-refractivity contribution in [2.45, 2.75) is 39.3 Å². The summed E-state index contributed by atoms with van der Waals surface area (Å²) in [5.74, 6) is 0.520. The molecule has 1 atom stereocenters. The second-order valence-corrected chi connectivity index (χ2v) is 7.69. The fraction of sp³-hybridized carbons (Fsp3) is 0.308. The summed E-state index contributed by atoms with van der Waals surface area (Å²) in [6.45, 7) is 4.98. The second-order valence-electron chi connectivity index (χ2n) is 7.69. The number of nitrogens with zero attached hydrogens (tertiary/aromatic N) is 2. The Bertz CT molecular complexity index is 939. The minimum Gasteiger partial charge on any atom is -0.467 e. The van der Waals surface area contributed by atoms with E-state index in [1.807, 2.05) is 62.4 Å². The average Bonchev–Trinajstić information content (AvgIpc) is 3.33. The molecule has 0 aliphatic carbocycles. The van der Waals surface area contributed by atoms with Crippen LogP contribution >= 0.6 is 0 Å². The molecule has 0 bridgehead atoms. The number of carbonyl (C=O) groups excluding carboxylic acids is 2. The van der Waals surface area contributed by atoms with Crippen LogP contribution in [0.1, 0.15) is 41.9 Å². The second kappa shape index (κ2) is 11.2. The highest BCUT2D eigenvalue weighted by atomic mass is 16.3. The van der Waals surface area contributed by atoms with Crippen LogP contribution in [-0.4, -0.2) is 40.7 Å². The molecule has 31 heavy (non-hydrogen) atoms. The van der Waals surface area contributed by atoms with E-state index in [0.29, 0.717) is 18.7 Å². The fourth-order valence-corrected chi connectivity index (χ4v) is 3.43. The van der Waals surface area contributed by atoms with E-state index in [1.165, 1.54) is 5.56 Å². The Kier molecular flexibility index (Phi) is 8.05. The van der Waals surface area contributed by atoms with Crippen LogP contribution in [0.15, 0.2) is 83.5 Å². The van der Waals surface area contributed by atoms with Crippen LogP contribution in [0, 0.1) is 0 Å². The Labute approximate surface area is 184 Å².